The van der Waals surface area contributed by atoms with Crippen LogP contribution in [0.3, 0.4) is 0 Å². The quantitative estimate of drug-likeness (QED) is 0.807. The highest BCUT2D eigenvalue weighted by Crippen LogP contribution is 2.11. The SMILES string of the molecule is CCOCC(C)NC(C)Cc1ccc(Cl)cc1. The third kappa shape index (κ3) is 6.06. The third-order valence-corrected chi connectivity index (χ3v) is 2.85. The predicted octanol–water partition coefficient (Wildman–Crippen LogP) is 3.29. The Bertz CT molecular complexity index is 313. The molecule has 0 amide bonds. The fourth-order valence-corrected chi connectivity index (χ4v) is 1.99. The molecule has 96 valence electrons. The summed E-state index contributed by atoms with van der Waals surface area (Å²) in [5.74, 6) is 0. The lowest BCUT2D eigenvalue weighted by molar-refractivity contribution is 0.124. The number of rotatable bonds is 7. The minimum atomic E-state index is 0.386. The first-order chi connectivity index (χ1) is 8.11. The maximum absolute atomic E-state index is 5.86. The summed E-state index contributed by atoms with van der Waals surface area (Å²) in [6, 6.07) is 8.85. The van der Waals surface area contributed by atoms with Gasteiger partial charge in [-0.25, -0.2) is 0 Å². The molecule has 2 unspecified atom stereocenters. The Balaban J connectivity index is 2.33. The van der Waals surface area contributed by atoms with Gasteiger partial charge in [-0.1, -0.05) is 23.7 Å². The molecular weight excluding hydrogens is 234 g/mol. The largest absolute Gasteiger partial charge is 0.380 e. The summed E-state index contributed by atoms with van der Waals surface area (Å²) in [7, 11) is 0. The number of hydrogen-bond acceptors (Lipinski definition) is 2. The van der Waals surface area contributed by atoms with Gasteiger partial charge < -0.3 is 10.1 Å². The molecule has 3 heteroatoms. The molecule has 0 aliphatic heterocycles. The summed E-state index contributed by atoms with van der Waals surface area (Å²) in [5, 5.41) is 4.31. The lowest BCUT2D eigenvalue weighted by Gasteiger charge is -2.20. The second kappa shape index (κ2) is 7.70. The first kappa shape index (κ1) is 14.5. The molecule has 1 rings (SSSR count). The smallest absolute Gasteiger partial charge is 0.0616 e. The van der Waals surface area contributed by atoms with Crippen LogP contribution >= 0.6 is 11.6 Å². The summed E-state index contributed by atoms with van der Waals surface area (Å²) in [4.78, 5) is 0. The molecule has 0 bridgehead atoms. The van der Waals surface area contributed by atoms with E-state index in [-0.39, 0.29) is 0 Å². The Morgan fingerprint density at radius 3 is 2.41 bits per heavy atom. The molecule has 0 saturated heterocycles. The first-order valence-corrected chi connectivity index (χ1v) is 6.57. The lowest BCUT2D eigenvalue weighted by Crippen LogP contribution is -2.38. The topological polar surface area (TPSA) is 21.3 Å². The van der Waals surface area contributed by atoms with Crippen LogP contribution in [0.25, 0.3) is 0 Å². The molecule has 0 aliphatic rings. The molecular formula is C14H22ClNO. The maximum atomic E-state index is 5.86. The van der Waals surface area contributed by atoms with Gasteiger partial charge in [0.25, 0.3) is 0 Å². The zero-order valence-corrected chi connectivity index (χ0v) is 11.6. The molecule has 0 radical (unpaired) electrons. The molecule has 0 saturated carbocycles. The Morgan fingerprint density at radius 2 is 1.82 bits per heavy atom. The number of halogens is 1. The lowest BCUT2D eigenvalue weighted by atomic mass is 10.1. The minimum absolute atomic E-state index is 0.386. The zero-order valence-electron chi connectivity index (χ0n) is 10.9. The highest BCUT2D eigenvalue weighted by molar-refractivity contribution is 6.30. The average molecular weight is 256 g/mol. The minimum Gasteiger partial charge on any atom is -0.380 e. The van der Waals surface area contributed by atoms with Crippen LogP contribution < -0.4 is 5.32 Å². The van der Waals surface area contributed by atoms with Crippen LogP contribution in [0.4, 0.5) is 0 Å². The van der Waals surface area contributed by atoms with Crippen molar-refractivity contribution < 1.29 is 4.74 Å². The van der Waals surface area contributed by atoms with Crippen LogP contribution in [0, 0.1) is 0 Å². The van der Waals surface area contributed by atoms with Crippen molar-refractivity contribution in [3.63, 3.8) is 0 Å². The molecule has 2 atom stereocenters. The van der Waals surface area contributed by atoms with Gasteiger partial charge >= 0.3 is 0 Å². The second-order valence-corrected chi connectivity index (χ2v) is 4.90. The molecule has 1 aromatic rings. The van der Waals surface area contributed by atoms with E-state index in [2.05, 4.69) is 31.3 Å². The fraction of sp³-hybridized carbons (Fsp3) is 0.571. The molecule has 17 heavy (non-hydrogen) atoms. The van der Waals surface area contributed by atoms with E-state index < -0.39 is 0 Å². The van der Waals surface area contributed by atoms with Gasteiger partial charge in [-0.3, -0.25) is 0 Å². The van der Waals surface area contributed by atoms with Crippen molar-refractivity contribution in [2.24, 2.45) is 0 Å². The summed E-state index contributed by atoms with van der Waals surface area (Å²) in [6.45, 7) is 7.90. The van der Waals surface area contributed by atoms with E-state index >= 15 is 0 Å². The van der Waals surface area contributed by atoms with Crippen LogP contribution in [0.2, 0.25) is 5.02 Å². The van der Waals surface area contributed by atoms with Crippen molar-refractivity contribution in [3.05, 3.63) is 34.9 Å². The van der Waals surface area contributed by atoms with Crippen molar-refractivity contribution in [3.8, 4) is 0 Å². The number of hydrogen-bond donors (Lipinski definition) is 1. The average Bonchev–Trinajstić information content (AvgIpc) is 2.29. The molecule has 0 fully saturated rings. The van der Waals surface area contributed by atoms with Gasteiger partial charge in [0.15, 0.2) is 0 Å². The van der Waals surface area contributed by atoms with E-state index in [1.54, 1.807) is 0 Å². The van der Waals surface area contributed by atoms with Gasteiger partial charge in [0.1, 0.15) is 0 Å². The molecule has 1 aromatic carbocycles. The summed E-state index contributed by atoms with van der Waals surface area (Å²) in [5.41, 5.74) is 1.30. The van der Waals surface area contributed by atoms with Crippen molar-refractivity contribution in [2.45, 2.75) is 39.3 Å². The van der Waals surface area contributed by atoms with E-state index in [9.17, 15) is 0 Å². The van der Waals surface area contributed by atoms with Crippen LogP contribution in [0.1, 0.15) is 26.3 Å². The van der Waals surface area contributed by atoms with Crippen LogP contribution in [-0.4, -0.2) is 25.3 Å². The zero-order chi connectivity index (χ0) is 12.7. The standard InChI is InChI=1S/C14H22ClNO/c1-4-17-10-12(3)16-11(2)9-13-5-7-14(15)8-6-13/h5-8,11-12,16H,4,9-10H2,1-3H3. The predicted molar refractivity (Wildman–Crippen MR) is 73.7 cm³/mol. The van der Waals surface area contributed by atoms with Gasteiger partial charge in [0.05, 0.1) is 6.61 Å². The van der Waals surface area contributed by atoms with E-state index in [0.29, 0.717) is 12.1 Å². The molecule has 0 aromatic heterocycles. The Morgan fingerprint density at radius 1 is 1.18 bits per heavy atom. The summed E-state index contributed by atoms with van der Waals surface area (Å²) < 4.78 is 5.38. The van der Waals surface area contributed by atoms with Crippen molar-refractivity contribution >= 4 is 11.6 Å². The highest BCUT2D eigenvalue weighted by atomic mass is 35.5. The van der Waals surface area contributed by atoms with E-state index in [1.165, 1.54) is 5.56 Å². The van der Waals surface area contributed by atoms with Gasteiger partial charge in [-0.2, -0.15) is 0 Å². The Kier molecular flexibility index (Phi) is 6.56. The Hall–Kier alpha value is -0.570. The first-order valence-electron chi connectivity index (χ1n) is 6.20. The number of ether oxygens (including phenoxy) is 1. The number of benzene rings is 1. The number of nitrogens with one attached hydrogen (secondary N) is 1. The Labute approximate surface area is 109 Å². The molecule has 1 N–H and O–H groups in total. The fourth-order valence-electron chi connectivity index (χ4n) is 1.86. The van der Waals surface area contributed by atoms with Gasteiger partial charge in [0, 0.05) is 23.7 Å². The normalized spacial score (nSPS) is 14.6. The summed E-state index contributed by atoms with van der Waals surface area (Å²) >= 11 is 5.86. The molecule has 2 nitrogen and oxygen atoms in total. The van der Waals surface area contributed by atoms with Crippen LogP contribution in [0.15, 0.2) is 24.3 Å². The molecule has 0 heterocycles. The third-order valence-electron chi connectivity index (χ3n) is 2.60. The van der Waals surface area contributed by atoms with Crippen molar-refractivity contribution in [1.29, 1.82) is 0 Å². The molecule has 0 spiro atoms. The van der Waals surface area contributed by atoms with E-state index in [1.807, 2.05) is 19.1 Å². The van der Waals surface area contributed by atoms with Crippen LogP contribution in [0.5, 0.6) is 0 Å². The monoisotopic (exact) mass is 255 g/mol. The summed E-state index contributed by atoms with van der Waals surface area (Å²) in [6.07, 6.45) is 1.01. The van der Waals surface area contributed by atoms with Crippen molar-refractivity contribution in [2.75, 3.05) is 13.2 Å². The van der Waals surface area contributed by atoms with E-state index in [0.717, 1.165) is 24.7 Å². The van der Waals surface area contributed by atoms with Gasteiger partial charge in [0.2, 0.25) is 0 Å². The van der Waals surface area contributed by atoms with E-state index in [4.69, 9.17) is 16.3 Å². The van der Waals surface area contributed by atoms with Gasteiger partial charge in [-0.05, 0) is 44.9 Å². The van der Waals surface area contributed by atoms with Gasteiger partial charge in [-0.15, -0.1) is 0 Å². The van der Waals surface area contributed by atoms with Crippen LogP contribution in [-0.2, 0) is 11.2 Å². The van der Waals surface area contributed by atoms with Crippen molar-refractivity contribution in [1.82, 2.24) is 5.32 Å². The maximum Gasteiger partial charge on any atom is 0.0616 e. The molecule has 0 aliphatic carbocycles. The second-order valence-electron chi connectivity index (χ2n) is 4.46. The highest BCUT2D eigenvalue weighted by Gasteiger charge is 2.08.